The molecule has 0 aromatic heterocycles. The number of carboxylic acids is 3. The molecule has 2 atom stereocenters. The monoisotopic (exact) mass is 261 g/mol. The highest BCUT2D eigenvalue weighted by Gasteiger charge is 2.40. The lowest BCUT2D eigenvalue weighted by Gasteiger charge is -2.13. The van der Waals surface area contributed by atoms with Crippen molar-refractivity contribution in [2.24, 2.45) is 11.7 Å². The van der Waals surface area contributed by atoms with E-state index in [1.54, 1.807) is 0 Å². The standard InChI is InChI=1S/C9H11NO8/c10-3(1-2-4(11)12)6(13)5(8(15)16)7(14)9(17)18/h3,5H,1-2,10H2,(H,11,12)(H,15,16)(H,17,18)/t3-,5?/m0/s1. The van der Waals surface area contributed by atoms with Crippen LogP contribution >= 0.6 is 0 Å². The van der Waals surface area contributed by atoms with Crippen LogP contribution in [0.1, 0.15) is 12.8 Å². The van der Waals surface area contributed by atoms with E-state index in [-0.39, 0.29) is 6.42 Å². The summed E-state index contributed by atoms with van der Waals surface area (Å²) in [7, 11) is 0. The zero-order valence-corrected chi connectivity index (χ0v) is 9.03. The quantitative estimate of drug-likeness (QED) is 0.287. The van der Waals surface area contributed by atoms with Crippen molar-refractivity contribution in [3.63, 3.8) is 0 Å². The highest BCUT2D eigenvalue weighted by molar-refractivity contribution is 6.42. The molecule has 0 aliphatic heterocycles. The summed E-state index contributed by atoms with van der Waals surface area (Å²) in [6.45, 7) is 0. The van der Waals surface area contributed by atoms with E-state index in [1.807, 2.05) is 0 Å². The van der Waals surface area contributed by atoms with Crippen molar-refractivity contribution in [2.45, 2.75) is 18.9 Å². The molecular weight excluding hydrogens is 250 g/mol. The Morgan fingerprint density at radius 3 is 1.83 bits per heavy atom. The third-order valence-corrected chi connectivity index (χ3v) is 2.04. The maximum Gasteiger partial charge on any atom is 0.373 e. The molecule has 0 aromatic carbocycles. The van der Waals surface area contributed by atoms with Crippen LogP contribution in [0.5, 0.6) is 0 Å². The van der Waals surface area contributed by atoms with Crippen LogP contribution in [-0.4, -0.2) is 50.8 Å². The summed E-state index contributed by atoms with van der Waals surface area (Å²) in [6, 6.07) is -1.52. The van der Waals surface area contributed by atoms with Crippen LogP contribution < -0.4 is 5.73 Å². The fourth-order valence-electron chi connectivity index (χ4n) is 1.12. The largest absolute Gasteiger partial charge is 0.481 e. The summed E-state index contributed by atoms with van der Waals surface area (Å²) in [5, 5.41) is 25.3. The number of carboxylic acid groups (broad SMARTS) is 3. The topological polar surface area (TPSA) is 172 Å². The van der Waals surface area contributed by atoms with Crippen molar-refractivity contribution in [3.8, 4) is 0 Å². The summed E-state index contributed by atoms with van der Waals surface area (Å²) in [4.78, 5) is 53.7. The number of nitrogens with two attached hydrogens (primary N) is 1. The second kappa shape index (κ2) is 6.45. The molecule has 0 saturated heterocycles. The Hall–Kier alpha value is -2.29. The number of rotatable bonds is 8. The zero-order chi connectivity index (χ0) is 14.5. The molecular formula is C9H11NO8. The molecule has 0 aliphatic rings. The van der Waals surface area contributed by atoms with Crippen molar-refractivity contribution in [1.29, 1.82) is 0 Å². The molecule has 0 rings (SSSR count). The van der Waals surface area contributed by atoms with E-state index >= 15 is 0 Å². The number of hydrogen-bond donors (Lipinski definition) is 4. The Bertz CT molecular complexity index is 401. The van der Waals surface area contributed by atoms with E-state index in [0.717, 1.165) is 0 Å². The van der Waals surface area contributed by atoms with Crippen LogP contribution in [0.25, 0.3) is 0 Å². The Morgan fingerprint density at radius 1 is 1.00 bits per heavy atom. The normalized spacial score (nSPS) is 13.4. The highest BCUT2D eigenvalue weighted by atomic mass is 16.4. The number of aliphatic carboxylic acids is 3. The summed E-state index contributed by atoms with van der Waals surface area (Å²) in [5.41, 5.74) is 5.22. The number of carbonyl (C=O) groups excluding carboxylic acids is 2. The Labute approximate surface area is 100 Å². The van der Waals surface area contributed by atoms with Crippen molar-refractivity contribution in [3.05, 3.63) is 0 Å². The van der Waals surface area contributed by atoms with Gasteiger partial charge in [0.1, 0.15) is 0 Å². The van der Waals surface area contributed by atoms with Gasteiger partial charge >= 0.3 is 17.9 Å². The van der Waals surface area contributed by atoms with Crippen molar-refractivity contribution < 1.29 is 39.3 Å². The van der Waals surface area contributed by atoms with E-state index in [4.69, 9.17) is 21.1 Å². The van der Waals surface area contributed by atoms with Gasteiger partial charge in [-0.05, 0) is 6.42 Å². The maximum atomic E-state index is 11.5. The van der Waals surface area contributed by atoms with Crippen LogP contribution in [-0.2, 0) is 24.0 Å². The van der Waals surface area contributed by atoms with Gasteiger partial charge in [0.2, 0.25) is 0 Å². The molecule has 9 heteroatoms. The number of carbonyl (C=O) groups is 5. The van der Waals surface area contributed by atoms with Gasteiger partial charge in [0.15, 0.2) is 11.7 Å². The first-order chi connectivity index (χ1) is 8.18. The first-order valence-corrected chi connectivity index (χ1v) is 4.69. The molecule has 1 unspecified atom stereocenters. The van der Waals surface area contributed by atoms with Gasteiger partial charge in [-0.25, -0.2) is 4.79 Å². The molecule has 9 nitrogen and oxygen atoms in total. The molecule has 0 saturated carbocycles. The van der Waals surface area contributed by atoms with E-state index in [1.165, 1.54) is 0 Å². The highest BCUT2D eigenvalue weighted by Crippen LogP contribution is 2.08. The maximum absolute atomic E-state index is 11.5. The van der Waals surface area contributed by atoms with Gasteiger partial charge in [-0.2, -0.15) is 0 Å². The summed E-state index contributed by atoms with van der Waals surface area (Å²) in [5.74, 6) is -10.8. The summed E-state index contributed by atoms with van der Waals surface area (Å²) < 4.78 is 0. The van der Waals surface area contributed by atoms with Gasteiger partial charge < -0.3 is 21.1 Å². The van der Waals surface area contributed by atoms with Gasteiger partial charge in [0.05, 0.1) is 6.04 Å². The smallest absolute Gasteiger partial charge is 0.373 e. The van der Waals surface area contributed by atoms with Crippen LogP contribution in [0.15, 0.2) is 0 Å². The fourth-order valence-corrected chi connectivity index (χ4v) is 1.12. The Morgan fingerprint density at radius 2 is 1.50 bits per heavy atom. The molecule has 18 heavy (non-hydrogen) atoms. The van der Waals surface area contributed by atoms with Gasteiger partial charge in [-0.1, -0.05) is 0 Å². The first-order valence-electron chi connectivity index (χ1n) is 4.69. The molecule has 0 heterocycles. The third-order valence-electron chi connectivity index (χ3n) is 2.04. The zero-order valence-electron chi connectivity index (χ0n) is 9.03. The molecule has 0 aromatic rings. The second-order valence-corrected chi connectivity index (χ2v) is 3.38. The number of Topliss-reactive ketones (excluding diaryl/α,β-unsaturated/α-hetero) is 2. The van der Waals surface area contributed by atoms with E-state index in [0.29, 0.717) is 0 Å². The number of ketones is 2. The van der Waals surface area contributed by atoms with Crippen molar-refractivity contribution >= 4 is 29.5 Å². The SMILES string of the molecule is N[C@@H](CCC(=O)O)C(=O)C(C(=O)O)C(=O)C(=O)O. The average molecular weight is 261 g/mol. The van der Waals surface area contributed by atoms with Gasteiger partial charge in [-0.15, -0.1) is 0 Å². The predicted molar refractivity (Wildman–Crippen MR) is 53.6 cm³/mol. The lowest BCUT2D eigenvalue weighted by Crippen LogP contribution is -2.45. The minimum Gasteiger partial charge on any atom is -0.481 e. The van der Waals surface area contributed by atoms with E-state index in [9.17, 15) is 24.0 Å². The summed E-state index contributed by atoms with van der Waals surface area (Å²) in [6.07, 6.45) is -0.884. The van der Waals surface area contributed by atoms with Crippen LogP contribution in [0.3, 0.4) is 0 Å². The van der Waals surface area contributed by atoms with E-state index in [2.05, 4.69) is 0 Å². The Balaban J connectivity index is 4.87. The molecule has 5 N–H and O–H groups in total. The van der Waals surface area contributed by atoms with Gasteiger partial charge in [0, 0.05) is 6.42 Å². The molecule has 0 radical (unpaired) electrons. The number of hydrogen-bond acceptors (Lipinski definition) is 6. The van der Waals surface area contributed by atoms with Crippen LogP contribution in [0.2, 0.25) is 0 Å². The Kier molecular flexibility index (Phi) is 5.63. The second-order valence-electron chi connectivity index (χ2n) is 3.38. The van der Waals surface area contributed by atoms with Crippen LogP contribution in [0.4, 0.5) is 0 Å². The predicted octanol–water partition coefficient (Wildman–Crippen LogP) is -1.90. The van der Waals surface area contributed by atoms with Crippen molar-refractivity contribution in [2.75, 3.05) is 0 Å². The lowest BCUT2D eigenvalue weighted by molar-refractivity contribution is -0.159. The third kappa shape index (κ3) is 4.29. The van der Waals surface area contributed by atoms with Gasteiger partial charge in [0.25, 0.3) is 5.78 Å². The minimum atomic E-state index is -2.41. The molecule has 0 amide bonds. The lowest BCUT2D eigenvalue weighted by atomic mass is 9.92. The average Bonchev–Trinajstić information content (AvgIpc) is 2.24. The molecule has 100 valence electrons. The van der Waals surface area contributed by atoms with E-state index < -0.39 is 47.9 Å². The minimum absolute atomic E-state index is 0.384. The molecule has 0 aliphatic carbocycles. The van der Waals surface area contributed by atoms with Crippen LogP contribution in [0, 0.1) is 5.92 Å². The molecule has 0 bridgehead atoms. The summed E-state index contributed by atoms with van der Waals surface area (Å²) >= 11 is 0. The fraction of sp³-hybridized carbons (Fsp3) is 0.444. The molecule has 0 fully saturated rings. The first kappa shape index (κ1) is 15.7. The molecule has 0 spiro atoms. The van der Waals surface area contributed by atoms with Gasteiger partial charge in [-0.3, -0.25) is 19.2 Å². The van der Waals surface area contributed by atoms with Crippen molar-refractivity contribution in [1.82, 2.24) is 0 Å².